The van der Waals surface area contributed by atoms with Gasteiger partial charge in [-0.1, -0.05) is 30.3 Å². The van der Waals surface area contributed by atoms with Gasteiger partial charge in [0, 0.05) is 0 Å². The number of ether oxygens (including phenoxy) is 1. The molecule has 1 radical (unpaired) electrons. The van der Waals surface area contributed by atoms with E-state index in [0.717, 1.165) is 18.4 Å². The lowest BCUT2D eigenvalue weighted by Gasteiger charge is -2.11. The first-order valence-corrected chi connectivity index (χ1v) is 3.98. The number of rotatable bonds is 3. The Labute approximate surface area is 71.2 Å². The van der Waals surface area contributed by atoms with E-state index in [0.29, 0.717) is 0 Å². The minimum atomic E-state index is -0.330. The van der Waals surface area contributed by atoms with Gasteiger partial charge >= 0.3 is 6.47 Å². The van der Waals surface area contributed by atoms with Gasteiger partial charge in [-0.3, -0.25) is 0 Å². The van der Waals surface area contributed by atoms with Gasteiger partial charge in [-0.05, 0) is 18.4 Å². The molecule has 61 valence electrons. The van der Waals surface area contributed by atoms with Crippen molar-refractivity contribution in [2.45, 2.75) is 18.4 Å². The van der Waals surface area contributed by atoms with Gasteiger partial charge in [-0.25, -0.2) is 4.79 Å². The molecule has 2 nitrogen and oxygen atoms in total. The number of hydrogen-bond acceptors (Lipinski definition) is 2. The monoisotopic (exact) mass is 161 g/mol. The van der Waals surface area contributed by atoms with Crippen LogP contribution < -0.4 is 0 Å². The van der Waals surface area contributed by atoms with Crippen LogP contribution in [-0.2, 0) is 15.1 Å². The Morgan fingerprint density at radius 2 is 1.92 bits per heavy atom. The minimum Gasteiger partial charge on any atom is -0.446 e. The first kappa shape index (κ1) is 7.35. The van der Waals surface area contributed by atoms with Gasteiger partial charge in [0.05, 0.1) is 0 Å². The van der Waals surface area contributed by atoms with Gasteiger partial charge in [0.2, 0.25) is 0 Å². The van der Waals surface area contributed by atoms with E-state index in [-0.39, 0.29) is 5.60 Å². The summed E-state index contributed by atoms with van der Waals surface area (Å²) in [6.45, 7) is 1.52. The maximum atomic E-state index is 10.1. The maximum Gasteiger partial charge on any atom is 0.418 e. The van der Waals surface area contributed by atoms with Crippen LogP contribution in [0.5, 0.6) is 0 Å². The summed E-state index contributed by atoms with van der Waals surface area (Å²) in [4.78, 5) is 10.1. The SMILES string of the molecule is O=[C]OC1(c2ccccc2)CC1. The predicted octanol–water partition coefficient (Wildman–Crippen LogP) is 1.76. The molecule has 1 fully saturated rings. The van der Waals surface area contributed by atoms with Crippen molar-refractivity contribution in [1.29, 1.82) is 0 Å². The zero-order valence-corrected chi connectivity index (χ0v) is 6.62. The molecule has 1 aromatic rings. The Morgan fingerprint density at radius 3 is 2.42 bits per heavy atom. The van der Waals surface area contributed by atoms with E-state index in [1.54, 1.807) is 0 Å². The molecule has 12 heavy (non-hydrogen) atoms. The average molecular weight is 161 g/mol. The molecule has 0 unspecified atom stereocenters. The van der Waals surface area contributed by atoms with Crippen molar-refractivity contribution in [2.75, 3.05) is 0 Å². The summed E-state index contributed by atoms with van der Waals surface area (Å²) in [7, 11) is 0. The summed E-state index contributed by atoms with van der Waals surface area (Å²) >= 11 is 0. The van der Waals surface area contributed by atoms with Gasteiger partial charge in [0.15, 0.2) is 0 Å². The normalized spacial score (nSPS) is 18.3. The van der Waals surface area contributed by atoms with E-state index in [1.807, 2.05) is 30.3 Å². The minimum absolute atomic E-state index is 0.330. The van der Waals surface area contributed by atoms with Crippen LogP contribution in [0.1, 0.15) is 18.4 Å². The molecule has 0 aromatic heterocycles. The first-order chi connectivity index (χ1) is 5.87. The molecule has 2 heteroatoms. The third-order valence-corrected chi connectivity index (χ3v) is 2.24. The van der Waals surface area contributed by atoms with E-state index >= 15 is 0 Å². The number of hydrogen-bond donors (Lipinski definition) is 0. The van der Waals surface area contributed by atoms with Crippen molar-refractivity contribution in [3.05, 3.63) is 35.9 Å². The lowest BCUT2D eigenvalue weighted by molar-refractivity contribution is 0.155. The van der Waals surface area contributed by atoms with Gasteiger partial charge in [-0.2, -0.15) is 0 Å². The molecular formula is C10H9O2. The van der Waals surface area contributed by atoms with Crippen LogP contribution in [0.3, 0.4) is 0 Å². The van der Waals surface area contributed by atoms with Crippen LogP contribution in [0.15, 0.2) is 30.3 Å². The van der Waals surface area contributed by atoms with E-state index in [9.17, 15) is 4.79 Å². The van der Waals surface area contributed by atoms with Gasteiger partial charge in [-0.15, -0.1) is 0 Å². The standard InChI is InChI=1S/C10H9O2/c11-8-12-10(6-7-10)9-4-2-1-3-5-9/h1-5H,6-7H2. The molecule has 1 aliphatic carbocycles. The second kappa shape index (κ2) is 2.63. The second-order valence-electron chi connectivity index (χ2n) is 3.05. The molecule has 0 amide bonds. The van der Waals surface area contributed by atoms with E-state index in [1.165, 1.54) is 6.47 Å². The van der Waals surface area contributed by atoms with E-state index in [2.05, 4.69) is 0 Å². The van der Waals surface area contributed by atoms with Gasteiger partial charge < -0.3 is 4.74 Å². The molecule has 1 saturated carbocycles. The van der Waals surface area contributed by atoms with Crippen molar-refractivity contribution >= 4 is 6.47 Å². The highest BCUT2D eigenvalue weighted by molar-refractivity contribution is 5.43. The molecule has 0 bridgehead atoms. The zero-order chi connectivity index (χ0) is 8.44. The molecule has 0 spiro atoms. The van der Waals surface area contributed by atoms with E-state index in [4.69, 9.17) is 4.74 Å². The van der Waals surface area contributed by atoms with Crippen LogP contribution in [-0.4, -0.2) is 6.47 Å². The highest BCUT2D eigenvalue weighted by Gasteiger charge is 2.47. The fourth-order valence-corrected chi connectivity index (χ4v) is 1.38. The fraction of sp³-hybridized carbons (Fsp3) is 0.300. The Hall–Kier alpha value is -1.31. The van der Waals surface area contributed by atoms with Gasteiger partial charge in [0.25, 0.3) is 0 Å². The average Bonchev–Trinajstić information content (AvgIpc) is 2.88. The molecule has 0 N–H and O–H groups in total. The largest absolute Gasteiger partial charge is 0.446 e. The molecule has 2 rings (SSSR count). The fourth-order valence-electron chi connectivity index (χ4n) is 1.38. The molecule has 1 aromatic carbocycles. The maximum absolute atomic E-state index is 10.1. The first-order valence-electron chi connectivity index (χ1n) is 3.98. The quantitative estimate of drug-likeness (QED) is 0.675. The molecule has 0 saturated heterocycles. The molecule has 1 aliphatic rings. The molecule has 0 atom stereocenters. The summed E-state index contributed by atoms with van der Waals surface area (Å²) in [6.07, 6.45) is 1.85. The summed E-state index contributed by atoms with van der Waals surface area (Å²) in [6, 6.07) is 9.80. The number of carbonyl (C=O) groups excluding carboxylic acids is 1. The highest BCUT2D eigenvalue weighted by Crippen LogP contribution is 2.48. The Balaban J connectivity index is 2.25. The van der Waals surface area contributed by atoms with Crippen molar-refractivity contribution in [3.8, 4) is 0 Å². The van der Waals surface area contributed by atoms with Crippen LogP contribution in [0.4, 0.5) is 0 Å². The summed E-state index contributed by atoms with van der Waals surface area (Å²) in [5.41, 5.74) is 0.747. The Morgan fingerprint density at radius 1 is 1.25 bits per heavy atom. The highest BCUT2D eigenvalue weighted by atomic mass is 16.5. The zero-order valence-electron chi connectivity index (χ0n) is 6.62. The van der Waals surface area contributed by atoms with Crippen LogP contribution in [0.25, 0.3) is 0 Å². The lowest BCUT2D eigenvalue weighted by Crippen LogP contribution is -2.09. The van der Waals surface area contributed by atoms with Gasteiger partial charge in [0.1, 0.15) is 5.60 Å². The third kappa shape index (κ3) is 1.09. The lowest BCUT2D eigenvalue weighted by atomic mass is 10.1. The topological polar surface area (TPSA) is 26.3 Å². The third-order valence-electron chi connectivity index (χ3n) is 2.24. The second-order valence-corrected chi connectivity index (χ2v) is 3.05. The summed E-state index contributed by atoms with van der Waals surface area (Å²) < 4.78 is 4.92. The van der Waals surface area contributed by atoms with Crippen molar-refractivity contribution in [3.63, 3.8) is 0 Å². The van der Waals surface area contributed by atoms with Crippen LogP contribution >= 0.6 is 0 Å². The molecule has 0 heterocycles. The Kier molecular flexibility index (Phi) is 1.61. The van der Waals surface area contributed by atoms with E-state index < -0.39 is 0 Å². The van der Waals surface area contributed by atoms with Crippen molar-refractivity contribution in [1.82, 2.24) is 0 Å². The predicted molar refractivity (Wildman–Crippen MR) is 44.1 cm³/mol. The number of benzene rings is 1. The van der Waals surface area contributed by atoms with Crippen molar-refractivity contribution < 1.29 is 9.53 Å². The smallest absolute Gasteiger partial charge is 0.418 e. The van der Waals surface area contributed by atoms with Crippen LogP contribution in [0.2, 0.25) is 0 Å². The van der Waals surface area contributed by atoms with Crippen molar-refractivity contribution in [2.24, 2.45) is 0 Å². The molecule has 0 aliphatic heterocycles. The summed E-state index contributed by atoms with van der Waals surface area (Å²) in [5, 5.41) is 0. The Bertz CT molecular complexity index is 275. The summed E-state index contributed by atoms with van der Waals surface area (Å²) in [5.74, 6) is 0. The molecular weight excluding hydrogens is 152 g/mol. The van der Waals surface area contributed by atoms with Crippen LogP contribution in [0, 0.1) is 0 Å².